The van der Waals surface area contributed by atoms with Gasteiger partial charge in [-0.15, -0.1) is 0 Å². The Balaban J connectivity index is 1.96. The predicted molar refractivity (Wildman–Crippen MR) is 97.0 cm³/mol. The second-order valence-corrected chi connectivity index (χ2v) is 5.48. The number of aromatic nitrogens is 2. The Morgan fingerprint density at radius 3 is 2.44 bits per heavy atom. The van der Waals surface area contributed by atoms with E-state index in [2.05, 4.69) is 15.5 Å². The van der Waals surface area contributed by atoms with Crippen LogP contribution in [0.1, 0.15) is 5.56 Å². The van der Waals surface area contributed by atoms with Crippen LogP contribution in [0.2, 0.25) is 5.02 Å². The molecule has 3 N–H and O–H groups in total. The van der Waals surface area contributed by atoms with Gasteiger partial charge in [-0.1, -0.05) is 29.8 Å². The first-order valence-corrected chi connectivity index (χ1v) is 7.62. The van der Waals surface area contributed by atoms with E-state index in [1.54, 1.807) is 54.6 Å². The highest BCUT2D eigenvalue weighted by Gasteiger charge is 2.13. The molecule has 0 fully saturated rings. The molecule has 0 saturated heterocycles. The quantitative estimate of drug-likeness (QED) is 0.493. The molecule has 2 aromatic carbocycles. The third-order valence-corrected chi connectivity index (χ3v) is 3.62. The summed E-state index contributed by atoms with van der Waals surface area (Å²) >= 11 is 5.80. The van der Waals surface area contributed by atoms with Crippen LogP contribution in [0.5, 0.6) is 5.88 Å². The van der Waals surface area contributed by atoms with Gasteiger partial charge in [-0.2, -0.15) is 5.10 Å². The molecule has 0 spiro atoms. The van der Waals surface area contributed by atoms with Crippen molar-refractivity contribution in [1.82, 2.24) is 9.55 Å². The van der Waals surface area contributed by atoms with Gasteiger partial charge in [0.1, 0.15) is 5.56 Å². The highest BCUT2D eigenvalue weighted by molar-refractivity contribution is 6.30. The van der Waals surface area contributed by atoms with Crippen LogP contribution >= 0.6 is 11.6 Å². The van der Waals surface area contributed by atoms with Crippen LogP contribution in [0.25, 0.3) is 5.69 Å². The zero-order valence-electron chi connectivity index (χ0n) is 12.8. The Morgan fingerprint density at radius 2 is 1.76 bits per heavy atom. The molecule has 0 atom stereocenters. The number of aromatic hydroxyl groups is 1. The lowest BCUT2D eigenvalue weighted by Crippen LogP contribution is -2.31. The third-order valence-electron chi connectivity index (χ3n) is 3.37. The summed E-state index contributed by atoms with van der Waals surface area (Å²) in [6.07, 6.45) is 1.14. The van der Waals surface area contributed by atoms with Crippen molar-refractivity contribution in [3.63, 3.8) is 0 Å². The van der Waals surface area contributed by atoms with Crippen molar-refractivity contribution in [3.8, 4) is 11.6 Å². The van der Waals surface area contributed by atoms with Crippen LogP contribution in [0.4, 0.5) is 5.69 Å². The van der Waals surface area contributed by atoms with E-state index in [0.717, 1.165) is 10.8 Å². The number of para-hydroxylation sites is 1. The molecule has 25 heavy (non-hydrogen) atoms. The minimum Gasteiger partial charge on any atom is -0.493 e. The summed E-state index contributed by atoms with van der Waals surface area (Å²) in [7, 11) is 0. The van der Waals surface area contributed by atoms with Gasteiger partial charge in [-0.25, -0.2) is 9.36 Å². The average molecular weight is 357 g/mol. The van der Waals surface area contributed by atoms with Crippen molar-refractivity contribution in [3.05, 3.63) is 86.0 Å². The van der Waals surface area contributed by atoms with E-state index in [-0.39, 0.29) is 5.56 Å². The number of hydrazone groups is 1. The summed E-state index contributed by atoms with van der Waals surface area (Å²) in [5.41, 5.74) is 2.15. The zero-order valence-corrected chi connectivity index (χ0v) is 13.6. The second-order valence-electron chi connectivity index (χ2n) is 5.04. The molecule has 0 radical (unpaired) electrons. The summed E-state index contributed by atoms with van der Waals surface area (Å²) in [5.74, 6) is -0.499. The van der Waals surface area contributed by atoms with E-state index in [9.17, 15) is 14.7 Å². The monoisotopic (exact) mass is 356 g/mol. The number of rotatable bonds is 4. The molecule has 0 saturated carbocycles. The van der Waals surface area contributed by atoms with Crippen LogP contribution in [0.15, 0.2) is 69.3 Å². The average Bonchev–Trinajstić information content (AvgIpc) is 2.60. The predicted octanol–water partition coefficient (Wildman–Crippen LogP) is 2.33. The smallest absolute Gasteiger partial charge is 0.335 e. The maximum atomic E-state index is 12.0. The van der Waals surface area contributed by atoms with Crippen molar-refractivity contribution >= 4 is 23.5 Å². The van der Waals surface area contributed by atoms with Gasteiger partial charge in [-0.3, -0.25) is 15.2 Å². The van der Waals surface area contributed by atoms with Crippen molar-refractivity contribution < 1.29 is 5.11 Å². The number of benzene rings is 2. The van der Waals surface area contributed by atoms with Crippen LogP contribution in [-0.4, -0.2) is 20.9 Å². The fourth-order valence-corrected chi connectivity index (χ4v) is 2.29. The molecule has 3 aromatic rings. The van der Waals surface area contributed by atoms with Gasteiger partial charge in [0.05, 0.1) is 17.6 Å². The first-order valence-electron chi connectivity index (χ1n) is 7.24. The second kappa shape index (κ2) is 7.06. The maximum Gasteiger partial charge on any atom is 0.335 e. The molecule has 8 heteroatoms. The number of halogens is 1. The molecular formula is C17H13ClN4O3. The number of hydrogen-bond acceptors (Lipinski definition) is 5. The van der Waals surface area contributed by atoms with Crippen LogP contribution in [0, 0.1) is 0 Å². The topological polar surface area (TPSA) is 99.5 Å². The molecule has 1 aromatic heterocycles. The van der Waals surface area contributed by atoms with Gasteiger partial charge in [0.2, 0.25) is 5.88 Å². The van der Waals surface area contributed by atoms with Gasteiger partial charge >= 0.3 is 5.69 Å². The molecule has 0 aliphatic heterocycles. The van der Waals surface area contributed by atoms with E-state index in [1.165, 1.54) is 0 Å². The Kier molecular flexibility index (Phi) is 4.67. The maximum absolute atomic E-state index is 12.0. The molecule has 0 bridgehead atoms. The van der Waals surface area contributed by atoms with E-state index in [4.69, 9.17) is 11.6 Å². The molecule has 126 valence electrons. The van der Waals surface area contributed by atoms with Gasteiger partial charge in [0.15, 0.2) is 0 Å². The summed E-state index contributed by atoms with van der Waals surface area (Å²) in [6, 6.07) is 15.2. The fourth-order valence-electron chi connectivity index (χ4n) is 2.17. The van der Waals surface area contributed by atoms with Gasteiger partial charge in [0.25, 0.3) is 5.56 Å². The van der Waals surface area contributed by atoms with Crippen molar-refractivity contribution in [2.45, 2.75) is 0 Å². The van der Waals surface area contributed by atoms with Gasteiger partial charge < -0.3 is 5.11 Å². The fraction of sp³-hybridized carbons (Fsp3) is 0. The van der Waals surface area contributed by atoms with E-state index in [0.29, 0.717) is 16.4 Å². The van der Waals surface area contributed by atoms with Gasteiger partial charge in [0, 0.05) is 5.02 Å². The zero-order chi connectivity index (χ0) is 17.8. The number of aromatic amines is 1. The normalized spacial score (nSPS) is 10.9. The first-order chi connectivity index (χ1) is 12.1. The molecule has 0 unspecified atom stereocenters. The number of H-pyrrole nitrogens is 1. The number of nitrogens with one attached hydrogen (secondary N) is 2. The van der Waals surface area contributed by atoms with Crippen molar-refractivity contribution in [2.75, 3.05) is 5.43 Å². The van der Waals surface area contributed by atoms with Crippen molar-refractivity contribution in [1.29, 1.82) is 0 Å². The lowest BCUT2D eigenvalue weighted by Gasteiger charge is -2.09. The van der Waals surface area contributed by atoms with E-state index >= 15 is 0 Å². The number of hydrogen-bond donors (Lipinski definition) is 3. The van der Waals surface area contributed by atoms with Gasteiger partial charge in [-0.05, 0) is 36.4 Å². The molecule has 0 amide bonds. The standard InChI is InChI=1S/C17H13ClN4O3/c18-11-6-8-12(9-7-11)21-19-10-14-15(23)20-17(25)22(16(14)24)13-4-2-1-3-5-13/h1-10,21,24H,(H,20,23,25)/b19-10+. The molecule has 1 heterocycles. The third kappa shape index (κ3) is 3.61. The van der Waals surface area contributed by atoms with Crippen LogP contribution in [-0.2, 0) is 0 Å². The van der Waals surface area contributed by atoms with E-state index < -0.39 is 17.1 Å². The molecule has 0 aliphatic rings. The molecule has 7 nitrogen and oxygen atoms in total. The summed E-state index contributed by atoms with van der Waals surface area (Å²) in [6.45, 7) is 0. The Hall–Kier alpha value is -3.32. The number of anilines is 1. The largest absolute Gasteiger partial charge is 0.493 e. The summed E-state index contributed by atoms with van der Waals surface area (Å²) in [4.78, 5) is 26.1. The molecule has 3 rings (SSSR count). The molecule has 0 aliphatic carbocycles. The summed E-state index contributed by atoms with van der Waals surface area (Å²) in [5, 5.41) is 14.8. The minimum absolute atomic E-state index is 0.148. The minimum atomic E-state index is -0.740. The van der Waals surface area contributed by atoms with Crippen molar-refractivity contribution in [2.24, 2.45) is 5.10 Å². The Morgan fingerprint density at radius 1 is 1.08 bits per heavy atom. The van der Waals surface area contributed by atoms with E-state index in [1.807, 2.05) is 0 Å². The Labute approximate surface area is 146 Å². The number of nitrogens with zero attached hydrogens (tertiary/aromatic N) is 2. The highest BCUT2D eigenvalue weighted by Crippen LogP contribution is 2.15. The Bertz CT molecular complexity index is 1020. The SMILES string of the molecule is O=c1[nH]c(=O)n(-c2ccccc2)c(O)c1/C=N/Nc1ccc(Cl)cc1. The van der Waals surface area contributed by atoms with Crippen LogP contribution in [0.3, 0.4) is 0 Å². The molecular weight excluding hydrogens is 344 g/mol. The highest BCUT2D eigenvalue weighted by atomic mass is 35.5. The first kappa shape index (κ1) is 16.5. The summed E-state index contributed by atoms with van der Waals surface area (Å²) < 4.78 is 0.991. The lowest BCUT2D eigenvalue weighted by molar-refractivity contribution is 0.430. The van der Waals surface area contributed by atoms with Crippen LogP contribution < -0.4 is 16.7 Å². The lowest BCUT2D eigenvalue weighted by atomic mass is 10.3.